The Morgan fingerprint density at radius 3 is 2.29 bits per heavy atom. The number of halogens is 4. The Bertz CT molecular complexity index is 1190. The molecule has 1 amide bonds. The highest BCUT2D eigenvalue weighted by Gasteiger charge is 2.33. The first-order chi connectivity index (χ1) is 15.9. The highest BCUT2D eigenvalue weighted by molar-refractivity contribution is 6.31. The first-order valence-corrected chi connectivity index (χ1v) is 10.9. The van der Waals surface area contributed by atoms with Gasteiger partial charge in [-0.1, -0.05) is 50.6 Å². The SMILES string of the molecule is COc1ccc(C(=O)Nc2ccc(Cl)c(C(F)(F)F)c2)cc1COc1ccccc1C(C)(C)C. The molecule has 180 valence electrons. The molecular weight excluding hydrogens is 467 g/mol. The van der Waals surface area contributed by atoms with Crippen molar-refractivity contribution in [3.63, 3.8) is 0 Å². The number of alkyl halides is 3. The zero-order chi connectivity index (χ0) is 25.1. The lowest BCUT2D eigenvalue weighted by atomic mass is 9.86. The number of benzene rings is 3. The molecule has 3 aromatic rings. The zero-order valence-electron chi connectivity index (χ0n) is 19.2. The molecule has 4 nitrogen and oxygen atoms in total. The molecule has 0 aliphatic heterocycles. The molecule has 0 heterocycles. The van der Waals surface area contributed by atoms with Crippen LogP contribution in [0.15, 0.2) is 60.7 Å². The Hall–Kier alpha value is -3.19. The summed E-state index contributed by atoms with van der Waals surface area (Å²) in [4.78, 5) is 12.8. The Balaban J connectivity index is 1.83. The topological polar surface area (TPSA) is 47.6 Å². The first kappa shape index (κ1) is 25.4. The van der Waals surface area contributed by atoms with E-state index in [0.717, 1.165) is 17.7 Å². The molecular formula is C26H25ClF3NO3. The van der Waals surface area contributed by atoms with Crippen LogP contribution in [0, 0.1) is 0 Å². The average molecular weight is 492 g/mol. The molecule has 8 heteroatoms. The maximum atomic E-state index is 13.1. The summed E-state index contributed by atoms with van der Waals surface area (Å²) in [5, 5.41) is 2.05. The smallest absolute Gasteiger partial charge is 0.417 e. The lowest BCUT2D eigenvalue weighted by Gasteiger charge is -2.23. The second-order valence-electron chi connectivity index (χ2n) is 8.71. The molecule has 0 aromatic heterocycles. The average Bonchev–Trinajstić information content (AvgIpc) is 2.77. The highest BCUT2D eigenvalue weighted by atomic mass is 35.5. The monoisotopic (exact) mass is 491 g/mol. The van der Waals surface area contributed by atoms with E-state index in [1.54, 1.807) is 12.1 Å². The van der Waals surface area contributed by atoms with Crippen molar-refractivity contribution >= 4 is 23.2 Å². The van der Waals surface area contributed by atoms with Gasteiger partial charge in [0.25, 0.3) is 5.91 Å². The van der Waals surface area contributed by atoms with E-state index in [4.69, 9.17) is 21.1 Å². The van der Waals surface area contributed by atoms with E-state index < -0.39 is 22.7 Å². The van der Waals surface area contributed by atoms with Gasteiger partial charge in [0, 0.05) is 16.8 Å². The number of ether oxygens (including phenoxy) is 2. The number of para-hydroxylation sites is 1. The van der Waals surface area contributed by atoms with Gasteiger partial charge in [0.05, 0.1) is 17.7 Å². The number of hydrogen-bond acceptors (Lipinski definition) is 3. The quantitative estimate of drug-likeness (QED) is 0.388. The second kappa shape index (κ2) is 9.97. The van der Waals surface area contributed by atoms with Crippen LogP contribution in [0.1, 0.15) is 47.8 Å². The second-order valence-corrected chi connectivity index (χ2v) is 9.12. The number of nitrogens with one attached hydrogen (secondary N) is 1. The normalized spacial score (nSPS) is 11.8. The van der Waals surface area contributed by atoms with Crippen molar-refractivity contribution in [2.75, 3.05) is 12.4 Å². The van der Waals surface area contributed by atoms with E-state index in [2.05, 4.69) is 26.1 Å². The minimum Gasteiger partial charge on any atom is -0.496 e. The third-order valence-corrected chi connectivity index (χ3v) is 5.48. The number of carbonyl (C=O) groups is 1. The lowest BCUT2D eigenvalue weighted by molar-refractivity contribution is -0.137. The fourth-order valence-electron chi connectivity index (χ4n) is 3.42. The Labute approximate surface area is 201 Å². The summed E-state index contributed by atoms with van der Waals surface area (Å²) in [7, 11) is 1.51. The van der Waals surface area contributed by atoms with E-state index in [9.17, 15) is 18.0 Å². The molecule has 34 heavy (non-hydrogen) atoms. The van der Waals surface area contributed by atoms with Crippen LogP contribution >= 0.6 is 11.6 Å². The van der Waals surface area contributed by atoms with Crippen LogP contribution in [0.2, 0.25) is 5.02 Å². The van der Waals surface area contributed by atoms with E-state index in [0.29, 0.717) is 17.1 Å². The van der Waals surface area contributed by atoms with Crippen LogP contribution < -0.4 is 14.8 Å². The van der Waals surface area contributed by atoms with Crippen LogP contribution in [0.5, 0.6) is 11.5 Å². The van der Waals surface area contributed by atoms with E-state index in [1.165, 1.54) is 19.2 Å². The molecule has 0 bridgehead atoms. The summed E-state index contributed by atoms with van der Waals surface area (Å²) in [6.07, 6.45) is -4.63. The van der Waals surface area contributed by atoms with Gasteiger partial charge in [0.15, 0.2) is 0 Å². The van der Waals surface area contributed by atoms with Gasteiger partial charge in [0.1, 0.15) is 18.1 Å². The van der Waals surface area contributed by atoms with Crippen LogP contribution in [0.3, 0.4) is 0 Å². The van der Waals surface area contributed by atoms with Crippen molar-refractivity contribution in [1.82, 2.24) is 0 Å². The molecule has 0 saturated heterocycles. The minimum atomic E-state index is -4.63. The molecule has 0 spiro atoms. The zero-order valence-corrected chi connectivity index (χ0v) is 20.0. The Morgan fingerprint density at radius 2 is 1.65 bits per heavy atom. The molecule has 0 atom stereocenters. The van der Waals surface area contributed by atoms with Crippen molar-refractivity contribution in [3.05, 3.63) is 87.9 Å². The van der Waals surface area contributed by atoms with Gasteiger partial charge in [-0.25, -0.2) is 0 Å². The molecule has 0 saturated carbocycles. The van der Waals surface area contributed by atoms with Gasteiger partial charge in [-0.05, 0) is 53.4 Å². The summed E-state index contributed by atoms with van der Waals surface area (Å²) in [5.41, 5.74) is 0.725. The van der Waals surface area contributed by atoms with Crippen LogP contribution in [0.4, 0.5) is 18.9 Å². The van der Waals surface area contributed by atoms with Crippen molar-refractivity contribution in [2.24, 2.45) is 0 Å². The Kier molecular flexibility index (Phi) is 7.46. The largest absolute Gasteiger partial charge is 0.496 e. The van der Waals surface area contributed by atoms with Crippen LogP contribution in [0.25, 0.3) is 0 Å². The fraction of sp³-hybridized carbons (Fsp3) is 0.269. The van der Waals surface area contributed by atoms with Gasteiger partial charge in [0.2, 0.25) is 0 Å². The van der Waals surface area contributed by atoms with Crippen molar-refractivity contribution in [2.45, 2.75) is 39.0 Å². The van der Waals surface area contributed by atoms with Gasteiger partial charge >= 0.3 is 6.18 Å². The summed E-state index contributed by atoms with van der Waals surface area (Å²) >= 11 is 5.65. The van der Waals surface area contributed by atoms with E-state index >= 15 is 0 Å². The maximum absolute atomic E-state index is 13.1. The van der Waals surface area contributed by atoms with Crippen molar-refractivity contribution < 1.29 is 27.4 Å². The van der Waals surface area contributed by atoms with Crippen molar-refractivity contribution in [1.29, 1.82) is 0 Å². The molecule has 3 rings (SSSR count). The summed E-state index contributed by atoms with van der Waals surface area (Å²) in [5.74, 6) is 0.665. The standard InChI is InChI=1S/C26H25ClF3NO3/c1-25(2,3)19-7-5-6-8-23(19)34-15-17-13-16(9-12-22(17)33-4)24(32)31-18-10-11-21(27)20(14-18)26(28,29)30/h5-14H,15H2,1-4H3,(H,31,32). The van der Waals surface area contributed by atoms with Gasteiger partial charge in [-0.15, -0.1) is 0 Å². The predicted molar refractivity (Wildman–Crippen MR) is 127 cm³/mol. The number of hydrogen-bond donors (Lipinski definition) is 1. The lowest BCUT2D eigenvalue weighted by Crippen LogP contribution is -2.15. The molecule has 0 aliphatic carbocycles. The Morgan fingerprint density at radius 1 is 0.941 bits per heavy atom. The third kappa shape index (κ3) is 6.03. The molecule has 0 fully saturated rings. The molecule has 0 radical (unpaired) electrons. The van der Waals surface area contributed by atoms with Crippen molar-refractivity contribution in [3.8, 4) is 11.5 Å². The van der Waals surface area contributed by atoms with E-state index in [-0.39, 0.29) is 23.3 Å². The van der Waals surface area contributed by atoms with Gasteiger partial charge in [-0.3, -0.25) is 4.79 Å². The summed E-state index contributed by atoms with van der Waals surface area (Å²) in [6, 6.07) is 15.7. The number of anilines is 1. The number of amides is 1. The number of methoxy groups -OCH3 is 1. The predicted octanol–water partition coefficient (Wildman–Crippen LogP) is 7.50. The molecule has 1 N–H and O–H groups in total. The van der Waals surface area contributed by atoms with Gasteiger partial charge in [-0.2, -0.15) is 13.2 Å². The summed E-state index contributed by atoms with van der Waals surface area (Å²) in [6.45, 7) is 6.39. The van der Waals surface area contributed by atoms with Crippen LogP contribution in [-0.2, 0) is 18.2 Å². The van der Waals surface area contributed by atoms with E-state index in [1.807, 2.05) is 24.3 Å². The maximum Gasteiger partial charge on any atom is 0.417 e. The highest BCUT2D eigenvalue weighted by Crippen LogP contribution is 2.36. The number of rotatable bonds is 6. The minimum absolute atomic E-state index is 0.0190. The molecule has 0 unspecified atom stereocenters. The molecule has 3 aromatic carbocycles. The summed E-state index contributed by atoms with van der Waals surface area (Å²) < 4.78 is 50.8. The number of carbonyl (C=O) groups excluding carboxylic acids is 1. The third-order valence-electron chi connectivity index (χ3n) is 5.15. The molecule has 0 aliphatic rings. The van der Waals surface area contributed by atoms with Gasteiger partial charge < -0.3 is 14.8 Å². The first-order valence-electron chi connectivity index (χ1n) is 10.5. The fourth-order valence-corrected chi connectivity index (χ4v) is 3.65. The van der Waals surface area contributed by atoms with Crippen LogP contribution in [-0.4, -0.2) is 13.0 Å².